The summed E-state index contributed by atoms with van der Waals surface area (Å²) in [6, 6.07) is 18.7. The molecule has 4 rings (SSSR count). The third-order valence-corrected chi connectivity index (χ3v) is 8.52. The van der Waals surface area contributed by atoms with Crippen molar-refractivity contribution in [3.63, 3.8) is 0 Å². The lowest BCUT2D eigenvalue weighted by atomic mass is 9.79. The molecule has 0 amide bonds. The number of benzene rings is 3. The van der Waals surface area contributed by atoms with Crippen molar-refractivity contribution < 1.29 is 52.1 Å². The Balaban J connectivity index is 1.42. The number of esters is 1. The molecule has 1 aliphatic rings. The number of rotatable bonds is 18. The summed E-state index contributed by atoms with van der Waals surface area (Å²) in [4.78, 5) is 37.1. The molecule has 1 heterocycles. The Morgan fingerprint density at radius 1 is 1.00 bits per heavy atom. The van der Waals surface area contributed by atoms with Gasteiger partial charge in [0, 0.05) is 49.2 Å². The van der Waals surface area contributed by atoms with Crippen molar-refractivity contribution in [2.75, 3.05) is 45.3 Å². The predicted molar refractivity (Wildman–Crippen MR) is 193 cm³/mol. The Hall–Kier alpha value is -5.61. The summed E-state index contributed by atoms with van der Waals surface area (Å²) >= 11 is 0. The Labute approximate surface area is 310 Å². The molecular formula is C38H43F3N4O9. The summed E-state index contributed by atoms with van der Waals surface area (Å²) < 4.78 is 60.8. The van der Waals surface area contributed by atoms with E-state index in [1.165, 1.54) is 19.1 Å². The number of hydrogen-bond donors (Lipinski definition) is 4. The van der Waals surface area contributed by atoms with E-state index in [-0.39, 0.29) is 36.9 Å². The van der Waals surface area contributed by atoms with Crippen LogP contribution >= 0.6 is 0 Å². The molecule has 4 N–H and O–H groups in total. The quantitative estimate of drug-likeness (QED) is 0.0532. The van der Waals surface area contributed by atoms with Crippen LogP contribution in [-0.2, 0) is 20.7 Å². The number of nitro benzene ring substituents is 1. The van der Waals surface area contributed by atoms with Gasteiger partial charge >= 0.3 is 18.1 Å². The number of halogens is 3. The van der Waals surface area contributed by atoms with Crippen LogP contribution in [0.2, 0.25) is 0 Å². The average molecular weight is 757 g/mol. The number of aliphatic carboxylic acids is 1. The lowest BCUT2D eigenvalue weighted by molar-refractivity contribution is -0.384. The van der Waals surface area contributed by atoms with Crippen molar-refractivity contribution in [1.82, 2.24) is 10.2 Å². The summed E-state index contributed by atoms with van der Waals surface area (Å²) in [5.74, 6) is -3.68. The van der Waals surface area contributed by atoms with Gasteiger partial charge in [-0.2, -0.15) is 13.2 Å². The second-order valence-corrected chi connectivity index (χ2v) is 12.7. The molecule has 13 nitrogen and oxygen atoms in total. The normalized spacial score (nSPS) is 15.3. The van der Waals surface area contributed by atoms with E-state index < -0.39 is 57.6 Å². The number of nitrogens with zero attached hydrogens (tertiary/aromatic N) is 2. The molecule has 0 saturated carbocycles. The Bertz CT molecular complexity index is 1850. The zero-order valence-electron chi connectivity index (χ0n) is 30.2. The molecule has 0 radical (unpaired) electrons. The van der Waals surface area contributed by atoms with Gasteiger partial charge in [0.15, 0.2) is 0 Å². The maximum Gasteiger partial charge on any atom is 0.432 e. The van der Waals surface area contributed by atoms with Crippen LogP contribution in [-0.4, -0.2) is 90.3 Å². The minimum absolute atomic E-state index is 0.0229. The van der Waals surface area contributed by atoms with Gasteiger partial charge < -0.3 is 40.0 Å². The number of nitrogens with one attached hydrogen (secondary N) is 2. The van der Waals surface area contributed by atoms with Gasteiger partial charge in [-0.15, -0.1) is 0 Å². The third kappa shape index (κ3) is 10.7. The number of anilines is 1. The SMILES string of the molecule is COC(=O)C1=C(C(F)(F)F)N(CCc2ccc(OCCNc3ccc(OCC(O)CNC(C)C)cc3)cc2)C(C)=C(C(=O)O)C1c1cccc([N+](=O)[O-])c1. The number of alkyl halides is 3. The van der Waals surface area contributed by atoms with E-state index in [2.05, 4.69) is 10.6 Å². The first-order valence-electron chi connectivity index (χ1n) is 17.1. The second kappa shape index (κ2) is 18.4. The summed E-state index contributed by atoms with van der Waals surface area (Å²) in [5.41, 5.74) is -2.44. The lowest BCUT2D eigenvalue weighted by Gasteiger charge is -2.39. The number of carboxylic acids is 1. The van der Waals surface area contributed by atoms with Crippen LogP contribution in [0.4, 0.5) is 24.5 Å². The van der Waals surface area contributed by atoms with Crippen LogP contribution in [0.25, 0.3) is 0 Å². The van der Waals surface area contributed by atoms with Crippen LogP contribution in [0.5, 0.6) is 11.5 Å². The van der Waals surface area contributed by atoms with Gasteiger partial charge in [0.05, 0.1) is 29.1 Å². The highest BCUT2D eigenvalue weighted by molar-refractivity contribution is 5.99. The number of carbonyl (C=O) groups excluding carboxylic acids is 1. The van der Waals surface area contributed by atoms with Gasteiger partial charge in [-0.25, -0.2) is 9.59 Å². The number of methoxy groups -OCH3 is 1. The fourth-order valence-corrected chi connectivity index (χ4v) is 5.94. The average Bonchev–Trinajstić information content (AvgIpc) is 3.13. The molecule has 290 valence electrons. The number of non-ortho nitro benzene ring substituents is 1. The van der Waals surface area contributed by atoms with Crippen LogP contribution in [0, 0.1) is 10.1 Å². The largest absolute Gasteiger partial charge is 0.492 e. The maximum atomic E-state index is 14.9. The Kier molecular flexibility index (Phi) is 14.0. The Morgan fingerprint density at radius 3 is 2.24 bits per heavy atom. The highest BCUT2D eigenvalue weighted by atomic mass is 19.4. The molecule has 0 fully saturated rings. The molecule has 0 spiro atoms. The first-order chi connectivity index (χ1) is 25.6. The van der Waals surface area contributed by atoms with Crippen molar-refractivity contribution in [1.29, 1.82) is 0 Å². The van der Waals surface area contributed by atoms with Crippen molar-refractivity contribution in [3.8, 4) is 11.5 Å². The number of allylic oxidation sites excluding steroid dienone is 2. The van der Waals surface area contributed by atoms with Crippen LogP contribution in [0.15, 0.2) is 95.3 Å². The van der Waals surface area contributed by atoms with E-state index in [1.54, 1.807) is 36.4 Å². The van der Waals surface area contributed by atoms with E-state index >= 15 is 0 Å². The maximum absolute atomic E-state index is 14.9. The van der Waals surface area contributed by atoms with Gasteiger partial charge in [-0.3, -0.25) is 10.1 Å². The predicted octanol–water partition coefficient (Wildman–Crippen LogP) is 5.81. The summed E-state index contributed by atoms with van der Waals surface area (Å²) in [6.45, 7) is 6.18. The molecule has 0 bridgehead atoms. The number of hydrogen-bond acceptors (Lipinski definition) is 11. The lowest BCUT2D eigenvalue weighted by Crippen LogP contribution is -2.41. The molecule has 0 aliphatic carbocycles. The molecule has 0 saturated heterocycles. The molecule has 3 aromatic carbocycles. The molecule has 2 atom stereocenters. The standard InChI is InChI=1S/C38H43F3N4O9/c1-23(2)43-21-29(46)22-54-31-14-10-27(11-15-31)42-17-19-53-30-12-8-25(9-13-30)16-18-44-24(3)32(36(47)48)33(26-6-5-7-28(20-26)45(50)51)34(37(49)52-4)35(44)38(39,40)41/h5-15,20,23,29,33,42-43,46H,16-19,21-22H2,1-4H3,(H,47,48). The number of carbonyl (C=O) groups is 2. The summed E-state index contributed by atoms with van der Waals surface area (Å²) in [7, 11) is 0.874. The van der Waals surface area contributed by atoms with E-state index in [0.717, 1.165) is 29.8 Å². The number of carboxylic acid groups (broad SMARTS) is 1. The first kappa shape index (κ1) is 41.2. The van der Waals surface area contributed by atoms with Gasteiger partial charge in [-0.05, 0) is 60.9 Å². The molecule has 54 heavy (non-hydrogen) atoms. The van der Waals surface area contributed by atoms with Gasteiger partial charge in [0.2, 0.25) is 0 Å². The molecular weight excluding hydrogens is 713 g/mol. The van der Waals surface area contributed by atoms with Gasteiger partial charge in [-0.1, -0.05) is 38.1 Å². The van der Waals surface area contributed by atoms with E-state index in [9.17, 15) is 43.1 Å². The number of aliphatic hydroxyl groups excluding tert-OH is 1. The molecule has 2 unspecified atom stereocenters. The topological polar surface area (TPSA) is 173 Å². The van der Waals surface area contributed by atoms with Crippen LogP contribution in [0.3, 0.4) is 0 Å². The van der Waals surface area contributed by atoms with Gasteiger partial charge in [0.25, 0.3) is 5.69 Å². The number of aliphatic hydroxyl groups is 1. The minimum atomic E-state index is -5.14. The number of nitro groups is 1. The van der Waals surface area contributed by atoms with Crippen molar-refractivity contribution in [3.05, 3.63) is 117 Å². The van der Waals surface area contributed by atoms with Crippen molar-refractivity contribution in [2.24, 2.45) is 0 Å². The number of ether oxygens (including phenoxy) is 3. The summed E-state index contributed by atoms with van der Waals surface area (Å²) in [5, 5.41) is 38.1. The van der Waals surface area contributed by atoms with Crippen molar-refractivity contribution >= 4 is 23.3 Å². The zero-order chi connectivity index (χ0) is 39.6. The van der Waals surface area contributed by atoms with Crippen LogP contribution < -0.4 is 20.1 Å². The third-order valence-electron chi connectivity index (χ3n) is 8.52. The monoisotopic (exact) mass is 756 g/mol. The fourth-order valence-electron chi connectivity index (χ4n) is 5.94. The highest BCUT2D eigenvalue weighted by Gasteiger charge is 2.50. The minimum Gasteiger partial charge on any atom is -0.492 e. The molecule has 1 aliphatic heterocycles. The zero-order valence-corrected chi connectivity index (χ0v) is 30.2. The molecule has 3 aromatic rings. The van der Waals surface area contributed by atoms with E-state index in [1.807, 2.05) is 26.0 Å². The summed E-state index contributed by atoms with van der Waals surface area (Å²) in [6.07, 6.45) is -5.75. The van der Waals surface area contributed by atoms with E-state index in [0.29, 0.717) is 36.8 Å². The second-order valence-electron chi connectivity index (χ2n) is 12.7. The van der Waals surface area contributed by atoms with Crippen molar-refractivity contribution in [2.45, 2.75) is 51.4 Å². The highest BCUT2D eigenvalue weighted by Crippen LogP contribution is 2.47. The van der Waals surface area contributed by atoms with Crippen LogP contribution in [0.1, 0.15) is 37.8 Å². The first-order valence-corrected chi connectivity index (χ1v) is 17.1. The molecule has 16 heteroatoms. The van der Waals surface area contributed by atoms with Gasteiger partial charge in [0.1, 0.15) is 36.5 Å². The Morgan fingerprint density at radius 2 is 1.65 bits per heavy atom. The van der Waals surface area contributed by atoms with E-state index in [4.69, 9.17) is 14.2 Å². The molecule has 0 aromatic heterocycles. The smallest absolute Gasteiger partial charge is 0.432 e. The fraction of sp³-hybridized carbons (Fsp3) is 0.368.